The van der Waals surface area contributed by atoms with Crippen LogP contribution in [0.3, 0.4) is 0 Å². The first-order chi connectivity index (χ1) is 10.9. The average molecular weight is 298 g/mol. The molecule has 0 saturated carbocycles. The standard InChI is InChI=1S/C10H10N12/c1-2-8(6-12-14-10-17-21-22-18-10)4-3-7(1)5-11-13-9-15-19-20-16-9/h1-6H,(H2,13,15,16,19,20)(H2,14,17,18,21,22)/b11-5-,12-6+. The predicted molar refractivity (Wildman–Crippen MR) is 77.2 cm³/mol. The number of hydrogen-bond acceptors (Lipinski definition) is 10. The summed E-state index contributed by atoms with van der Waals surface area (Å²) >= 11 is 0. The van der Waals surface area contributed by atoms with Gasteiger partial charge in [0.2, 0.25) is 0 Å². The Kier molecular flexibility index (Phi) is 4.01. The van der Waals surface area contributed by atoms with Crippen LogP contribution in [0.25, 0.3) is 0 Å². The third kappa shape index (κ3) is 3.66. The Morgan fingerprint density at radius 2 is 1.23 bits per heavy atom. The topological polar surface area (TPSA) is 158 Å². The van der Waals surface area contributed by atoms with Crippen LogP contribution in [0.15, 0.2) is 34.5 Å². The third-order valence-corrected chi connectivity index (χ3v) is 2.38. The lowest BCUT2D eigenvalue weighted by Gasteiger charge is -1.96. The van der Waals surface area contributed by atoms with Gasteiger partial charge in [-0.1, -0.05) is 34.5 Å². The van der Waals surface area contributed by atoms with Gasteiger partial charge >= 0.3 is 0 Å². The molecule has 0 bridgehead atoms. The molecule has 4 N–H and O–H groups in total. The van der Waals surface area contributed by atoms with Gasteiger partial charge in [-0.05, 0) is 21.6 Å². The fraction of sp³-hybridized carbons (Fsp3) is 0. The number of aromatic amines is 2. The van der Waals surface area contributed by atoms with Crippen molar-refractivity contribution < 1.29 is 0 Å². The number of nitrogens with zero attached hydrogens (tertiary/aromatic N) is 8. The molecule has 0 unspecified atom stereocenters. The number of nitrogens with one attached hydrogen (secondary N) is 4. The van der Waals surface area contributed by atoms with Gasteiger partial charge in [-0.15, -0.1) is 10.2 Å². The Balaban J connectivity index is 1.53. The minimum absolute atomic E-state index is 0.299. The van der Waals surface area contributed by atoms with Crippen molar-refractivity contribution in [3.05, 3.63) is 35.4 Å². The van der Waals surface area contributed by atoms with Gasteiger partial charge in [0.15, 0.2) is 0 Å². The van der Waals surface area contributed by atoms with E-state index in [2.05, 4.69) is 62.3 Å². The van der Waals surface area contributed by atoms with Crippen LogP contribution in [0.2, 0.25) is 0 Å². The highest BCUT2D eigenvalue weighted by molar-refractivity contribution is 5.84. The maximum atomic E-state index is 3.98. The number of hydrazone groups is 2. The van der Waals surface area contributed by atoms with Crippen LogP contribution < -0.4 is 10.9 Å². The first-order valence-electron chi connectivity index (χ1n) is 6.05. The number of aromatic nitrogens is 8. The van der Waals surface area contributed by atoms with E-state index >= 15 is 0 Å². The second-order valence-electron chi connectivity index (χ2n) is 3.88. The zero-order valence-electron chi connectivity index (χ0n) is 11.0. The molecule has 110 valence electrons. The zero-order chi connectivity index (χ0) is 15.0. The highest BCUT2D eigenvalue weighted by Crippen LogP contribution is 2.01. The normalized spacial score (nSPS) is 11.3. The van der Waals surface area contributed by atoms with Crippen LogP contribution in [0.4, 0.5) is 11.9 Å². The van der Waals surface area contributed by atoms with E-state index in [1.807, 2.05) is 24.3 Å². The minimum atomic E-state index is 0.299. The number of tetrazole rings is 2. The molecule has 0 aliphatic rings. The molecule has 3 rings (SSSR count). The van der Waals surface area contributed by atoms with Gasteiger partial charge in [-0.25, -0.2) is 10.9 Å². The molecule has 0 atom stereocenters. The van der Waals surface area contributed by atoms with E-state index in [1.54, 1.807) is 12.4 Å². The van der Waals surface area contributed by atoms with Crippen LogP contribution in [-0.4, -0.2) is 53.7 Å². The van der Waals surface area contributed by atoms with E-state index in [0.717, 1.165) is 11.1 Å². The lowest BCUT2D eigenvalue weighted by molar-refractivity contribution is 0.881. The molecule has 2 aromatic heterocycles. The van der Waals surface area contributed by atoms with Crippen LogP contribution in [-0.2, 0) is 0 Å². The van der Waals surface area contributed by atoms with Crippen molar-refractivity contribution in [2.45, 2.75) is 0 Å². The van der Waals surface area contributed by atoms with Crippen molar-refractivity contribution in [3.8, 4) is 0 Å². The predicted octanol–water partition coefficient (Wildman–Crippen LogP) is -0.395. The fourth-order valence-corrected chi connectivity index (χ4v) is 1.42. The van der Waals surface area contributed by atoms with Crippen molar-refractivity contribution in [1.82, 2.24) is 41.2 Å². The third-order valence-electron chi connectivity index (χ3n) is 2.38. The van der Waals surface area contributed by atoms with Gasteiger partial charge in [0, 0.05) is 0 Å². The largest absolute Gasteiger partial charge is 0.283 e. The van der Waals surface area contributed by atoms with E-state index in [9.17, 15) is 0 Å². The lowest BCUT2D eigenvalue weighted by Crippen LogP contribution is -1.94. The van der Waals surface area contributed by atoms with Crippen LogP contribution >= 0.6 is 0 Å². The molecular weight excluding hydrogens is 288 g/mol. The fourth-order valence-electron chi connectivity index (χ4n) is 1.42. The molecule has 3 aromatic rings. The summed E-state index contributed by atoms with van der Waals surface area (Å²) < 4.78 is 0. The zero-order valence-corrected chi connectivity index (χ0v) is 11.0. The SMILES string of the molecule is C(=N/Nc1nn[nH]n1)/c1ccc(/C=N/Nc2nn[nH]n2)cc1. The number of hydrogen-bond donors (Lipinski definition) is 4. The van der Waals surface area contributed by atoms with Crippen molar-refractivity contribution in [2.75, 3.05) is 10.9 Å². The smallest absolute Gasteiger partial charge is 0.243 e. The summed E-state index contributed by atoms with van der Waals surface area (Å²) in [5.41, 5.74) is 7.07. The number of H-pyrrole nitrogens is 2. The molecule has 1 aromatic carbocycles. The molecule has 12 nitrogen and oxygen atoms in total. The Bertz CT molecular complexity index is 662. The van der Waals surface area contributed by atoms with Gasteiger partial charge in [0.05, 0.1) is 12.4 Å². The lowest BCUT2D eigenvalue weighted by atomic mass is 10.2. The average Bonchev–Trinajstić information content (AvgIpc) is 3.22. The monoisotopic (exact) mass is 298 g/mol. The Labute approximate surface area is 123 Å². The molecule has 0 amide bonds. The Morgan fingerprint density at radius 1 is 0.773 bits per heavy atom. The number of anilines is 2. The minimum Gasteiger partial charge on any atom is -0.243 e. The highest BCUT2D eigenvalue weighted by Gasteiger charge is 1.94. The van der Waals surface area contributed by atoms with E-state index < -0.39 is 0 Å². The summed E-state index contributed by atoms with van der Waals surface area (Å²) in [5.74, 6) is 0.597. The summed E-state index contributed by atoms with van der Waals surface area (Å²) in [6.45, 7) is 0. The molecule has 2 heterocycles. The van der Waals surface area contributed by atoms with Crippen molar-refractivity contribution in [2.24, 2.45) is 10.2 Å². The molecule has 0 aliphatic heterocycles. The molecule has 0 spiro atoms. The Morgan fingerprint density at radius 3 is 1.59 bits per heavy atom. The van der Waals surface area contributed by atoms with Crippen LogP contribution in [0.5, 0.6) is 0 Å². The summed E-state index contributed by atoms with van der Waals surface area (Å²) in [7, 11) is 0. The molecular formula is C10H10N12. The van der Waals surface area contributed by atoms with Crippen molar-refractivity contribution >= 4 is 24.3 Å². The van der Waals surface area contributed by atoms with Gasteiger partial charge in [-0.3, -0.25) is 0 Å². The maximum absolute atomic E-state index is 3.98. The van der Waals surface area contributed by atoms with Crippen LogP contribution in [0.1, 0.15) is 11.1 Å². The van der Waals surface area contributed by atoms with E-state index in [0.29, 0.717) is 11.9 Å². The van der Waals surface area contributed by atoms with Crippen LogP contribution in [0, 0.1) is 0 Å². The van der Waals surface area contributed by atoms with Crippen molar-refractivity contribution in [3.63, 3.8) is 0 Å². The van der Waals surface area contributed by atoms with Gasteiger partial charge in [-0.2, -0.15) is 20.6 Å². The molecule has 0 radical (unpaired) electrons. The molecule has 0 aliphatic carbocycles. The van der Waals surface area contributed by atoms with E-state index in [4.69, 9.17) is 0 Å². The summed E-state index contributed by atoms with van der Waals surface area (Å²) in [5, 5.41) is 34.2. The Hall–Kier alpha value is -3.70. The van der Waals surface area contributed by atoms with Gasteiger partial charge in [0.1, 0.15) is 0 Å². The van der Waals surface area contributed by atoms with Crippen molar-refractivity contribution in [1.29, 1.82) is 0 Å². The number of rotatable bonds is 6. The number of benzene rings is 1. The first kappa shape index (κ1) is 13.3. The summed E-state index contributed by atoms with van der Waals surface area (Å²) in [6.07, 6.45) is 3.27. The molecule has 0 fully saturated rings. The first-order valence-corrected chi connectivity index (χ1v) is 6.05. The summed E-state index contributed by atoms with van der Waals surface area (Å²) in [4.78, 5) is 0. The molecule has 0 saturated heterocycles. The quantitative estimate of drug-likeness (QED) is 0.353. The summed E-state index contributed by atoms with van der Waals surface area (Å²) in [6, 6.07) is 7.54. The van der Waals surface area contributed by atoms with E-state index in [-0.39, 0.29) is 0 Å². The maximum Gasteiger partial charge on any atom is 0.283 e. The molecule has 12 heteroatoms. The second kappa shape index (κ2) is 6.65. The van der Waals surface area contributed by atoms with E-state index in [1.165, 1.54) is 0 Å². The second-order valence-corrected chi connectivity index (χ2v) is 3.88. The van der Waals surface area contributed by atoms with Gasteiger partial charge < -0.3 is 0 Å². The van der Waals surface area contributed by atoms with Gasteiger partial charge in [0.25, 0.3) is 11.9 Å². The highest BCUT2D eigenvalue weighted by atomic mass is 15.5. The molecule has 22 heavy (non-hydrogen) atoms.